The van der Waals surface area contributed by atoms with Gasteiger partial charge in [-0.1, -0.05) is 51.8 Å². The molecule has 0 bridgehead atoms. The van der Waals surface area contributed by atoms with Crippen LogP contribution >= 0.6 is 15.9 Å². The SMILES string of the molecule is Cc1ccc(S(=O)(=O)NCC(=O)N/N=C/c2cc(Br)ccc2OC(=O)c2ccccc2C)cc1. The molecule has 0 spiro atoms. The van der Waals surface area contributed by atoms with Gasteiger partial charge in [0.25, 0.3) is 5.91 Å². The molecule has 0 radical (unpaired) electrons. The molecule has 3 aromatic carbocycles. The Morgan fingerprint density at radius 1 is 1.03 bits per heavy atom. The first-order chi connectivity index (χ1) is 16.2. The standard InChI is InChI=1S/C24H22BrN3O5S/c1-16-7-10-20(11-8-16)34(31,32)27-15-23(29)28-26-14-18-13-19(25)9-12-22(18)33-24(30)21-6-4-3-5-17(21)2/h3-14,27H,15H2,1-2H3,(H,28,29)/b26-14+. The van der Waals surface area contributed by atoms with Crippen LogP contribution < -0.4 is 14.9 Å². The van der Waals surface area contributed by atoms with Crippen molar-refractivity contribution in [3.05, 3.63) is 93.5 Å². The molecule has 0 aliphatic rings. The van der Waals surface area contributed by atoms with Gasteiger partial charge in [-0.05, 0) is 55.8 Å². The van der Waals surface area contributed by atoms with Gasteiger partial charge >= 0.3 is 5.97 Å². The van der Waals surface area contributed by atoms with E-state index in [4.69, 9.17) is 4.74 Å². The van der Waals surface area contributed by atoms with E-state index >= 15 is 0 Å². The van der Waals surface area contributed by atoms with Crippen LogP contribution in [-0.4, -0.2) is 33.1 Å². The van der Waals surface area contributed by atoms with Gasteiger partial charge in [-0.3, -0.25) is 4.79 Å². The van der Waals surface area contributed by atoms with E-state index < -0.39 is 28.4 Å². The van der Waals surface area contributed by atoms with Crippen molar-refractivity contribution in [3.8, 4) is 5.75 Å². The van der Waals surface area contributed by atoms with Crippen LogP contribution in [0.1, 0.15) is 27.0 Å². The van der Waals surface area contributed by atoms with Crippen molar-refractivity contribution in [2.75, 3.05) is 6.54 Å². The van der Waals surface area contributed by atoms with E-state index in [0.29, 0.717) is 15.6 Å². The van der Waals surface area contributed by atoms with Gasteiger partial charge in [-0.25, -0.2) is 23.4 Å². The molecule has 0 unspecified atom stereocenters. The number of hydrogen-bond donors (Lipinski definition) is 2. The zero-order valence-electron chi connectivity index (χ0n) is 18.4. The highest BCUT2D eigenvalue weighted by Gasteiger charge is 2.16. The van der Waals surface area contributed by atoms with Crippen LogP contribution in [0.5, 0.6) is 5.75 Å². The number of halogens is 1. The highest BCUT2D eigenvalue weighted by molar-refractivity contribution is 9.10. The van der Waals surface area contributed by atoms with Crippen molar-refractivity contribution < 1.29 is 22.7 Å². The fourth-order valence-electron chi connectivity index (χ4n) is 2.84. The molecule has 8 nitrogen and oxygen atoms in total. The van der Waals surface area contributed by atoms with Crippen LogP contribution in [0.15, 0.2) is 81.2 Å². The molecule has 0 aliphatic heterocycles. The highest BCUT2D eigenvalue weighted by Crippen LogP contribution is 2.23. The Morgan fingerprint density at radius 2 is 1.74 bits per heavy atom. The number of amides is 1. The predicted molar refractivity (Wildman–Crippen MR) is 132 cm³/mol. The second-order valence-electron chi connectivity index (χ2n) is 7.32. The lowest BCUT2D eigenvalue weighted by atomic mass is 10.1. The van der Waals surface area contributed by atoms with Crippen molar-refractivity contribution in [3.63, 3.8) is 0 Å². The van der Waals surface area contributed by atoms with Crippen LogP contribution in [0.4, 0.5) is 0 Å². The second-order valence-corrected chi connectivity index (χ2v) is 10.00. The summed E-state index contributed by atoms with van der Waals surface area (Å²) in [4.78, 5) is 24.7. The fourth-order valence-corrected chi connectivity index (χ4v) is 4.21. The van der Waals surface area contributed by atoms with Gasteiger partial charge in [0.2, 0.25) is 10.0 Å². The van der Waals surface area contributed by atoms with Crippen LogP contribution in [-0.2, 0) is 14.8 Å². The summed E-state index contributed by atoms with van der Waals surface area (Å²) >= 11 is 3.35. The summed E-state index contributed by atoms with van der Waals surface area (Å²) < 4.78 is 33.0. The van der Waals surface area contributed by atoms with E-state index in [1.807, 2.05) is 26.0 Å². The number of esters is 1. The van der Waals surface area contributed by atoms with Crippen LogP contribution in [0.2, 0.25) is 0 Å². The van der Waals surface area contributed by atoms with E-state index in [2.05, 4.69) is 31.2 Å². The van der Waals surface area contributed by atoms with Gasteiger partial charge in [0.15, 0.2) is 0 Å². The van der Waals surface area contributed by atoms with Crippen molar-refractivity contribution in [1.82, 2.24) is 10.1 Å². The van der Waals surface area contributed by atoms with E-state index in [9.17, 15) is 18.0 Å². The summed E-state index contributed by atoms with van der Waals surface area (Å²) in [7, 11) is -3.83. The maximum Gasteiger partial charge on any atom is 0.343 e. The maximum absolute atomic E-state index is 12.6. The van der Waals surface area contributed by atoms with Crippen molar-refractivity contribution in [2.45, 2.75) is 18.7 Å². The Kier molecular flexibility index (Phi) is 8.32. The molecule has 0 aliphatic carbocycles. The molecule has 2 N–H and O–H groups in total. The molecule has 0 aromatic heterocycles. The minimum Gasteiger partial charge on any atom is -0.422 e. The van der Waals surface area contributed by atoms with E-state index in [-0.39, 0.29) is 10.6 Å². The molecule has 34 heavy (non-hydrogen) atoms. The molecule has 10 heteroatoms. The number of hydrazone groups is 1. The summed E-state index contributed by atoms with van der Waals surface area (Å²) in [6.45, 7) is 3.15. The van der Waals surface area contributed by atoms with E-state index in [1.54, 1.807) is 42.5 Å². The first-order valence-electron chi connectivity index (χ1n) is 10.1. The lowest BCUT2D eigenvalue weighted by molar-refractivity contribution is -0.119. The average Bonchev–Trinajstić information content (AvgIpc) is 2.80. The van der Waals surface area contributed by atoms with Crippen LogP contribution in [0.3, 0.4) is 0 Å². The van der Waals surface area contributed by atoms with E-state index in [1.165, 1.54) is 18.3 Å². The van der Waals surface area contributed by atoms with Gasteiger partial charge in [0.1, 0.15) is 5.75 Å². The molecule has 3 rings (SSSR count). The Bertz CT molecular complexity index is 1340. The molecule has 176 valence electrons. The smallest absolute Gasteiger partial charge is 0.343 e. The fraction of sp³-hybridized carbons (Fsp3) is 0.125. The quantitative estimate of drug-likeness (QED) is 0.194. The number of carbonyl (C=O) groups excluding carboxylic acids is 2. The molecule has 0 atom stereocenters. The first kappa shape index (κ1) is 25.3. The number of nitrogens with one attached hydrogen (secondary N) is 2. The van der Waals surface area contributed by atoms with Crippen LogP contribution in [0.25, 0.3) is 0 Å². The summed E-state index contributed by atoms with van der Waals surface area (Å²) in [5.41, 5.74) is 4.81. The topological polar surface area (TPSA) is 114 Å². The van der Waals surface area contributed by atoms with Gasteiger partial charge < -0.3 is 4.74 Å². The van der Waals surface area contributed by atoms with Gasteiger partial charge in [0, 0.05) is 10.0 Å². The summed E-state index contributed by atoms with van der Waals surface area (Å²) in [5, 5.41) is 3.85. The molecule has 3 aromatic rings. The number of rotatable bonds is 8. The monoisotopic (exact) mass is 543 g/mol. The Hall–Kier alpha value is -3.34. The minimum atomic E-state index is -3.83. The van der Waals surface area contributed by atoms with Crippen LogP contribution in [0, 0.1) is 13.8 Å². The minimum absolute atomic E-state index is 0.0589. The van der Waals surface area contributed by atoms with Gasteiger partial charge in [-0.2, -0.15) is 5.10 Å². The third-order valence-corrected chi connectivity index (χ3v) is 6.60. The van der Waals surface area contributed by atoms with Gasteiger partial charge in [-0.15, -0.1) is 0 Å². The molecule has 0 heterocycles. The summed E-state index contributed by atoms with van der Waals surface area (Å²) in [6.07, 6.45) is 1.30. The third-order valence-electron chi connectivity index (χ3n) is 4.69. The summed E-state index contributed by atoms with van der Waals surface area (Å²) in [6, 6.07) is 18.3. The lowest BCUT2D eigenvalue weighted by Gasteiger charge is -2.09. The number of benzene rings is 3. The molecule has 0 saturated carbocycles. The number of ether oxygens (including phenoxy) is 1. The highest BCUT2D eigenvalue weighted by atomic mass is 79.9. The molecule has 0 saturated heterocycles. The third kappa shape index (κ3) is 6.83. The Balaban J connectivity index is 1.63. The molecular weight excluding hydrogens is 522 g/mol. The predicted octanol–water partition coefficient (Wildman–Crippen LogP) is 3.71. The summed E-state index contributed by atoms with van der Waals surface area (Å²) in [5.74, 6) is -0.945. The number of carbonyl (C=O) groups is 2. The lowest BCUT2D eigenvalue weighted by Crippen LogP contribution is -2.34. The second kappa shape index (κ2) is 11.2. The number of hydrogen-bond acceptors (Lipinski definition) is 6. The molecule has 1 amide bonds. The number of aryl methyl sites for hydroxylation is 2. The zero-order chi connectivity index (χ0) is 24.7. The maximum atomic E-state index is 12.6. The normalized spacial score (nSPS) is 11.4. The molecule has 0 fully saturated rings. The van der Waals surface area contributed by atoms with Gasteiger partial charge in [0.05, 0.1) is 23.2 Å². The largest absolute Gasteiger partial charge is 0.422 e. The first-order valence-corrected chi connectivity index (χ1v) is 12.4. The molecular formula is C24H22BrN3O5S. The Morgan fingerprint density at radius 3 is 2.44 bits per heavy atom. The van der Waals surface area contributed by atoms with Crippen molar-refractivity contribution in [1.29, 1.82) is 0 Å². The van der Waals surface area contributed by atoms with Crippen molar-refractivity contribution in [2.24, 2.45) is 5.10 Å². The van der Waals surface area contributed by atoms with Crippen molar-refractivity contribution >= 4 is 44.0 Å². The Labute approximate surface area is 206 Å². The number of sulfonamides is 1. The van der Waals surface area contributed by atoms with E-state index in [0.717, 1.165) is 11.1 Å². The number of nitrogens with zero attached hydrogens (tertiary/aromatic N) is 1. The zero-order valence-corrected chi connectivity index (χ0v) is 20.8. The average molecular weight is 544 g/mol.